The van der Waals surface area contributed by atoms with E-state index in [0.29, 0.717) is 36.3 Å². The number of epoxide rings is 1. The number of hydrogen-bond acceptors (Lipinski definition) is 21. The van der Waals surface area contributed by atoms with Gasteiger partial charge < -0.3 is 54.4 Å². The van der Waals surface area contributed by atoms with Gasteiger partial charge in [-0.3, -0.25) is 58.4 Å². The van der Waals surface area contributed by atoms with E-state index in [9.17, 15) is 71.3 Å². The Morgan fingerprint density at radius 2 is 1.73 bits per heavy atom. The highest BCUT2D eigenvalue weighted by atomic mass is 35.5. The number of nitro benzene ring substituents is 1. The first-order chi connectivity index (χ1) is 43.9. The van der Waals surface area contributed by atoms with E-state index >= 15 is 0 Å². The fourth-order valence-corrected chi connectivity index (χ4v) is 11.6. The van der Waals surface area contributed by atoms with E-state index in [4.69, 9.17) is 40.0 Å². The van der Waals surface area contributed by atoms with Crippen LogP contribution in [0.5, 0.6) is 11.5 Å². The topological polar surface area (TPSA) is 409 Å². The molecule has 8 atom stereocenters. The number of aliphatic hydroxyl groups is 1. The van der Waals surface area contributed by atoms with Crippen LogP contribution < -0.4 is 41.1 Å². The molecule has 4 aliphatic heterocycles. The first-order valence-electron chi connectivity index (χ1n) is 29.2. The lowest BCUT2D eigenvalue weighted by molar-refractivity contribution is -0.385. The maximum absolute atomic E-state index is 14.4. The van der Waals surface area contributed by atoms with Gasteiger partial charge in [0.2, 0.25) is 23.6 Å². The minimum absolute atomic E-state index is 0.124. The minimum atomic E-state index is -4.79. The molecule has 4 bridgehead atoms. The summed E-state index contributed by atoms with van der Waals surface area (Å²) in [6.45, 7) is 5.78. The summed E-state index contributed by atoms with van der Waals surface area (Å²) in [6.07, 6.45) is 2.67. The number of ether oxygens (including phenoxy) is 6. The van der Waals surface area contributed by atoms with E-state index in [-0.39, 0.29) is 48.0 Å². The molecule has 500 valence electrons. The van der Waals surface area contributed by atoms with E-state index in [2.05, 4.69) is 31.8 Å². The number of nitrogens with one attached hydrogen (secondary N) is 5. The summed E-state index contributed by atoms with van der Waals surface area (Å²) in [4.78, 5) is 130. The molecule has 0 aromatic heterocycles. The van der Waals surface area contributed by atoms with Crippen molar-refractivity contribution in [3.8, 4) is 11.5 Å². The molecule has 0 aliphatic carbocycles. The second-order valence-electron chi connectivity index (χ2n) is 22.6. The maximum Gasteiger partial charge on any atom is 0.409 e. The molecule has 2 saturated heterocycles. The van der Waals surface area contributed by atoms with E-state index < -0.39 is 159 Å². The number of anilines is 2. The molecule has 30 nitrogen and oxygen atoms in total. The molecule has 2 fully saturated rings. The summed E-state index contributed by atoms with van der Waals surface area (Å²) in [6, 6.07) is 11.0. The third-order valence-corrected chi connectivity index (χ3v) is 16.9. The van der Waals surface area contributed by atoms with Crippen LogP contribution >= 0.6 is 11.6 Å². The monoisotopic (exact) mass is 1330 g/mol. The van der Waals surface area contributed by atoms with Crippen molar-refractivity contribution in [1.29, 1.82) is 0 Å². The number of imide groups is 1. The number of amides is 8. The molecule has 3 aromatic carbocycles. The van der Waals surface area contributed by atoms with Crippen LogP contribution in [-0.2, 0) is 69.0 Å². The van der Waals surface area contributed by atoms with Gasteiger partial charge in [0, 0.05) is 81.9 Å². The van der Waals surface area contributed by atoms with Gasteiger partial charge >= 0.3 is 12.1 Å². The molecule has 8 amide bonds. The minimum Gasteiger partial charge on any atom is -0.495 e. The number of benzene rings is 3. The normalized spacial score (nSPS) is 23.6. The van der Waals surface area contributed by atoms with Gasteiger partial charge in [0.15, 0.2) is 12.3 Å². The van der Waals surface area contributed by atoms with Crippen molar-refractivity contribution in [3.63, 3.8) is 0 Å². The van der Waals surface area contributed by atoms with Gasteiger partial charge in [-0.25, -0.2) is 15.0 Å². The van der Waals surface area contributed by atoms with Gasteiger partial charge in [-0.2, -0.15) is 13.5 Å². The van der Waals surface area contributed by atoms with E-state index in [1.165, 1.54) is 51.3 Å². The number of carbonyl (C=O) groups is 9. The van der Waals surface area contributed by atoms with Gasteiger partial charge in [0.1, 0.15) is 57.8 Å². The molecule has 32 heteroatoms. The Balaban J connectivity index is 0.953. The Labute approximate surface area is 539 Å². The number of halogens is 1. The summed E-state index contributed by atoms with van der Waals surface area (Å²) in [5.74, 6) is -7.36. The van der Waals surface area contributed by atoms with Crippen LogP contribution in [0.25, 0.3) is 0 Å². The van der Waals surface area contributed by atoms with Crippen LogP contribution in [0.15, 0.2) is 95.7 Å². The molecule has 4 aliphatic rings. The van der Waals surface area contributed by atoms with Gasteiger partial charge in [-0.1, -0.05) is 60.9 Å². The fourth-order valence-electron chi connectivity index (χ4n) is 10.7. The summed E-state index contributed by atoms with van der Waals surface area (Å²) in [5.41, 5.74) is 0.122. The van der Waals surface area contributed by atoms with Gasteiger partial charge in [0.05, 0.1) is 36.0 Å². The van der Waals surface area contributed by atoms with Crippen molar-refractivity contribution in [2.75, 3.05) is 56.9 Å². The van der Waals surface area contributed by atoms with Crippen LogP contribution in [0.1, 0.15) is 94.1 Å². The number of allylic oxidation sites excluding steroid dienone is 3. The number of nitrogens with zero attached hydrogens (tertiary/aromatic N) is 4. The third-order valence-electron chi connectivity index (χ3n) is 15.7. The molecule has 4 heterocycles. The van der Waals surface area contributed by atoms with Crippen molar-refractivity contribution in [3.05, 3.63) is 122 Å². The van der Waals surface area contributed by atoms with Gasteiger partial charge in [0.25, 0.3) is 33.5 Å². The van der Waals surface area contributed by atoms with Crippen LogP contribution in [0.2, 0.25) is 5.02 Å². The number of unbranched alkanes of at least 4 members (excludes halogenated alkanes) is 2. The molecular weight excluding hydrogens is 1260 g/mol. The zero-order valence-electron chi connectivity index (χ0n) is 51.8. The van der Waals surface area contributed by atoms with Crippen molar-refractivity contribution in [2.24, 2.45) is 11.0 Å². The molecule has 0 radical (unpaired) electrons. The maximum atomic E-state index is 14.4. The molecule has 3 aromatic rings. The lowest BCUT2D eigenvalue weighted by atomic mass is 9.83. The Bertz CT molecular complexity index is 3660. The molecule has 7 rings (SSSR count). The predicted molar refractivity (Wildman–Crippen MR) is 332 cm³/mol. The molecule has 7 N–H and O–H groups in total. The highest BCUT2D eigenvalue weighted by molar-refractivity contribution is 7.85. The third kappa shape index (κ3) is 19.0. The van der Waals surface area contributed by atoms with Crippen molar-refractivity contribution < 1.29 is 94.6 Å². The average molecular weight is 1330 g/mol. The lowest BCUT2D eigenvalue weighted by Crippen LogP contribution is -2.63. The van der Waals surface area contributed by atoms with Gasteiger partial charge in [-0.15, -0.1) is 0 Å². The summed E-state index contributed by atoms with van der Waals surface area (Å²) in [7, 11) is -0.450. The first-order valence-corrected chi connectivity index (χ1v) is 31.2. The predicted octanol–water partition coefficient (Wildman–Crippen LogP) is 4.11. The summed E-state index contributed by atoms with van der Waals surface area (Å²) in [5, 5.41) is 37.7. The van der Waals surface area contributed by atoms with Gasteiger partial charge in [-0.05, 0) is 82.0 Å². The average Bonchev–Trinajstić information content (AvgIpc) is 1.58. The Morgan fingerprint density at radius 3 is 2.42 bits per heavy atom. The fraction of sp³-hybridized carbons (Fsp3) is 0.443. The van der Waals surface area contributed by atoms with Crippen molar-refractivity contribution in [1.82, 2.24) is 26.3 Å². The number of rotatable bonds is 24. The number of esters is 1. The Morgan fingerprint density at radius 1 is 1.00 bits per heavy atom. The van der Waals surface area contributed by atoms with Crippen molar-refractivity contribution >= 4 is 97.9 Å². The molecule has 0 spiro atoms. The SMILES string of the molecule is COc1cc2cc(c1Cl)N(C)C(=O)C[C@H](OC(=O)COc1cccc(/C(C)=N/NC(=O)c3ccc(NC(=O)CCNC(=O)[C@H](CS(=O)(=O)O)NC(=O)CCCCCN4C(=O)C=CC4=O)cc3[N+](=O)[O-])c1)[C@]1(C)O[C@H]1[C@H](C)[C@@H]1C[C@@](O)(NC(=O)O1)[C@H](OC)/C=C/C=C(\C)C2. The highest BCUT2D eigenvalue weighted by Gasteiger charge is 2.64. The van der Waals surface area contributed by atoms with Crippen LogP contribution in [0, 0.1) is 16.0 Å². The second-order valence-corrected chi connectivity index (χ2v) is 24.5. The molecule has 0 saturated carbocycles. The number of fused-ring (bicyclic) bond motifs is 5. The van der Waals surface area contributed by atoms with E-state index in [1.807, 2.05) is 13.0 Å². The quantitative estimate of drug-likeness (QED) is 0.00969. The lowest BCUT2D eigenvalue weighted by Gasteiger charge is -2.42. The van der Waals surface area contributed by atoms with E-state index in [0.717, 1.165) is 40.3 Å². The Hall–Kier alpha value is -9.14. The summed E-state index contributed by atoms with van der Waals surface area (Å²) >= 11 is 6.81. The highest BCUT2D eigenvalue weighted by Crippen LogP contribution is 2.49. The smallest absolute Gasteiger partial charge is 0.409 e. The molecule has 0 unspecified atom stereocenters. The number of carbonyl (C=O) groups excluding carboxylic acids is 9. The number of alkyl carbamates (subject to hydrolysis) is 1. The Kier molecular flexibility index (Phi) is 23.8. The zero-order chi connectivity index (χ0) is 68.1. The van der Waals surface area contributed by atoms with E-state index in [1.54, 1.807) is 50.3 Å². The van der Waals surface area contributed by atoms with Crippen LogP contribution in [0.4, 0.5) is 21.9 Å². The number of nitro groups is 1. The van der Waals surface area contributed by atoms with Crippen LogP contribution in [0.3, 0.4) is 0 Å². The number of hydrogen-bond donors (Lipinski definition) is 7. The first kappa shape index (κ1) is 71.3. The number of hydrazone groups is 1. The molecular formula is C61H72ClN9O21S. The molecule has 93 heavy (non-hydrogen) atoms. The standard InChI is InChI=1S/C61H72ClN9O21S/c1-34-13-11-16-47(88-7)61(81)31-46(90-59(80)66-61)35(2)56-60(4,92-56)48(30-53(76)69(5)44-26-37(25-34)27-45(87-6)55(44)62)91-54(77)32-89-40-15-12-14-38(28-40)36(3)67-68-57(78)41-19-18-39(29-43(41)71(82)83)64-50(73)22-23-63-58(79)42(33-93(84,85)86)65-49(72)17-9-8-10-24-70-51(74)20-21-52(70)75/h11-16,18-21,26-29,35,42,46-48,56,81H,8-10,17,22-25,30-33H2,1-7H3,(H,63,79)(H,64,73)(H,65,72)(H,66,80)(H,68,78)(H,84,85,86)/b16-11+,34-13+,67-36+/t35-,42+,46+,47-,48+,56+,60+,61+/m1/s1. The zero-order valence-corrected chi connectivity index (χ0v) is 53.3. The second kappa shape index (κ2) is 31.0. The summed E-state index contributed by atoms with van der Waals surface area (Å²) < 4.78 is 67.9. The largest absolute Gasteiger partial charge is 0.495 e. The van der Waals surface area contributed by atoms with Crippen LogP contribution in [-0.4, -0.2) is 176 Å². The van der Waals surface area contributed by atoms with Crippen molar-refractivity contribution in [2.45, 2.75) is 121 Å². The number of methoxy groups -OCH3 is 2.